The highest BCUT2D eigenvalue weighted by Crippen LogP contribution is 2.22. The van der Waals surface area contributed by atoms with Gasteiger partial charge < -0.3 is 4.74 Å². The van der Waals surface area contributed by atoms with E-state index in [1.807, 2.05) is 0 Å². The summed E-state index contributed by atoms with van der Waals surface area (Å²) in [6.45, 7) is 3.28. The quantitative estimate of drug-likeness (QED) is 0.879. The molecule has 1 aromatic heterocycles. The van der Waals surface area contributed by atoms with Gasteiger partial charge in [0.1, 0.15) is 6.10 Å². The fourth-order valence-electron chi connectivity index (χ4n) is 2.10. The van der Waals surface area contributed by atoms with E-state index in [0.29, 0.717) is 5.88 Å². The van der Waals surface area contributed by atoms with Crippen molar-refractivity contribution in [2.24, 2.45) is 0 Å². The SMILES string of the molecule is C=CS(=O)(=O)NC1CCC(Oc2cnccn2)CC1. The number of rotatable bonds is 5. The van der Waals surface area contributed by atoms with E-state index in [-0.39, 0.29) is 12.1 Å². The standard InChI is InChI=1S/C12H17N3O3S/c1-2-19(16,17)15-10-3-5-11(6-4-10)18-12-9-13-7-8-14-12/h2,7-11,15H,1,3-6H2. The van der Waals surface area contributed by atoms with Gasteiger partial charge in [0.15, 0.2) is 0 Å². The second-order valence-corrected chi connectivity index (χ2v) is 6.12. The molecular weight excluding hydrogens is 266 g/mol. The molecule has 0 unspecified atom stereocenters. The van der Waals surface area contributed by atoms with Crippen LogP contribution in [0.2, 0.25) is 0 Å². The van der Waals surface area contributed by atoms with E-state index in [1.54, 1.807) is 18.6 Å². The van der Waals surface area contributed by atoms with E-state index < -0.39 is 10.0 Å². The molecule has 104 valence electrons. The summed E-state index contributed by atoms with van der Waals surface area (Å²) in [5.41, 5.74) is 0. The Balaban J connectivity index is 1.81. The molecule has 6 nitrogen and oxygen atoms in total. The smallest absolute Gasteiger partial charge is 0.233 e. The molecular formula is C12H17N3O3S. The number of aromatic nitrogens is 2. The predicted octanol–water partition coefficient (Wildman–Crippen LogP) is 1.23. The molecule has 1 saturated carbocycles. The van der Waals surface area contributed by atoms with E-state index in [0.717, 1.165) is 31.1 Å². The van der Waals surface area contributed by atoms with Gasteiger partial charge in [0.25, 0.3) is 0 Å². The average molecular weight is 283 g/mol. The summed E-state index contributed by atoms with van der Waals surface area (Å²) in [7, 11) is -3.34. The van der Waals surface area contributed by atoms with Gasteiger partial charge in [0.05, 0.1) is 6.20 Å². The lowest BCUT2D eigenvalue weighted by Gasteiger charge is -2.28. The van der Waals surface area contributed by atoms with E-state index in [4.69, 9.17) is 4.74 Å². The monoisotopic (exact) mass is 283 g/mol. The zero-order valence-corrected chi connectivity index (χ0v) is 11.3. The minimum absolute atomic E-state index is 0.0373. The molecule has 1 fully saturated rings. The Morgan fingerprint density at radius 3 is 2.63 bits per heavy atom. The van der Waals surface area contributed by atoms with E-state index in [9.17, 15) is 8.42 Å². The zero-order valence-electron chi connectivity index (χ0n) is 10.5. The summed E-state index contributed by atoms with van der Waals surface area (Å²) in [5, 5.41) is 0.940. The van der Waals surface area contributed by atoms with Gasteiger partial charge in [-0.1, -0.05) is 6.58 Å². The highest BCUT2D eigenvalue weighted by molar-refractivity contribution is 7.92. The zero-order chi connectivity index (χ0) is 13.7. The third-order valence-electron chi connectivity index (χ3n) is 3.05. The van der Waals surface area contributed by atoms with Crippen LogP contribution in [0, 0.1) is 0 Å². The molecule has 1 aliphatic rings. The number of hydrogen-bond acceptors (Lipinski definition) is 5. The second kappa shape index (κ2) is 6.12. The third-order valence-corrected chi connectivity index (χ3v) is 4.15. The van der Waals surface area contributed by atoms with Gasteiger partial charge in [-0.25, -0.2) is 18.1 Å². The van der Waals surface area contributed by atoms with Gasteiger partial charge in [0.2, 0.25) is 15.9 Å². The maximum Gasteiger partial charge on any atom is 0.233 e. The van der Waals surface area contributed by atoms with Crippen LogP contribution in [-0.4, -0.2) is 30.5 Å². The van der Waals surface area contributed by atoms with E-state index >= 15 is 0 Å². The summed E-state index contributed by atoms with van der Waals surface area (Å²) in [4.78, 5) is 7.99. The molecule has 1 N–H and O–H groups in total. The summed E-state index contributed by atoms with van der Waals surface area (Å²) < 4.78 is 31.0. The Bertz CT molecular complexity index is 510. The van der Waals surface area contributed by atoms with Crippen molar-refractivity contribution in [1.29, 1.82) is 0 Å². The molecule has 0 atom stereocenters. The number of nitrogens with one attached hydrogen (secondary N) is 1. The predicted molar refractivity (Wildman–Crippen MR) is 71.0 cm³/mol. The van der Waals surface area contributed by atoms with Crippen molar-refractivity contribution in [1.82, 2.24) is 14.7 Å². The first-order valence-electron chi connectivity index (χ1n) is 6.16. The van der Waals surface area contributed by atoms with Gasteiger partial charge >= 0.3 is 0 Å². The van der Waals surface area contributed by atoms with Crippen molar-refractivity contribution in [3.8, 4) is 5.88 Å². The van der Waals surface area contributed by atoms with Crippen LogP contribution in [0.3, 0.4) is 0 Å². The van der Waals surface area contributed by atoms with Crippen LogP contribution in [0.4, 0.5) is 0 Å². The van der Waals surface area contributed by atoms with Gasteiger partial charge in [-0.15, -0.1) is 0 Å². The van der Waals surface area contributed by atoms with Crippen LogP contribution in [0.15, 0.2) is 30.6 Å². The highest BCUT2D eigenvalue weighted by Gasteiger charge is 2.24. The minimum atomic E-state index is -3.34. The largest absolute Gasteiger partial charge is 0.473 e. The lowest BCUT2D eigenvalue weighted by atomic mass is 9.94. The second-order valence-electron chi connectivity index (χ2n) is 4.46. The first-order valence-corrected chi connectivity index (χ1v) is 7.71. The molecule has 0 bridgehead atoms. The summed E-state index contributed by atoms with van der Waals surface area (Å²) in [6, 6.07) is -0.0373. The van der Waals surface area contributed by atoms with Crippen molar-refractivity contribution in [3.63, 3.8) is 0 Å². The van der Waals surface area contributed by atoms with Crippen molar-refractivity contribution < 1.29 is 13.2 Å². The van der Waals surface area contributed by atoms with Gasteiger partial charge in [-0.2, -0.15) is 0 Å². The fraction of sp³-hybridized carbons (Fsp3) is 0.500. The van der Waals surface area contributed by atoms with Crippen molar-refractivity contribution >= 4 is 10.0 Å². The van der Waals surface area contributed by atoms with E-state index in [2.05, 4.69) is 21.3 Å². The van der Waals surface area contributed by atoms with Crippen molar-refractivity contribution in [2.75, 3.05) is 0 Å². The summed E-state index contributed by atoms with van der Waals surface area (Å²) >= 11 is 0. The molecule has 0 amide bonds. The van der Waals surface area contributed by atoms with Gasteiger partial charge in [-0.3, -0.25) is 4.98 Å². The molecule has 7 heteroatoms. The number of hydrogen-bond donors (Lipinski definition) is 1. The Morgan fingerprint density at radius 2 is 2.05 bits per heavy atom. The maximum absolute atomic E-state index is 11.4. The van der Waals surface area contributed by atoms with Crippen LogP contribution < -0.4 is 9.46 Å². The van der Waals surface area contributed by atoms with Crippen molar-refractivity contribution in [3.05, 3.63) is 30.6 Å². The summed E-state index contributed by atoms with van der Waals surface area (Å²) in [5.74, 6) is 0.512. The third kappa shape index (κ3) is 4.29. The number of nitrogens with zero attached hydrogens (tertiary/aromatic N) is 2. The first-order chi connectivity index (χ1) is 9.09. The Labute approximate surface area is 113 Å². The molecule has 0 saturated heterocycles. The van der Waals surface area contributed by atoms with Crippen LogP contribution in [0.5, 0.6) is 5.88 Å². The summed E-state index contributed by atoms with van der Waals surface area (Å²) in [6.07, 6.45) is 7.90. The molecule has 1 aliphatic carbocycles. The molecule has 0 aliphatic heterocycles. The molecule has 19 heavy (non-hydrogen) atoms. The number of ether oxygens (including phenoxy) is 1. The highest BCUT2D eigenvalue weighted by atomic mass is 32.2. The minimum Gasteiger partial charge on any atom is -0.473 e. The Kier molecular flexibility index (Phi) is 4.49. The maximum atomic E-state index is 11.4. The topological polar surface area (TPSA) is 81.2 Å². The van der Waals surface area contributed by atoms with Gasteiger partial charge in [0, 0.05) is 23.8 Å². The lowest BCUT2D eigenvalue weighted by Crippen LogP contribution is -2.38. The van der Waals surface area contributed by atoms with Crippen LogP contribution in [0.25, 0.3) is 0 Å². The molecule has 0 radical (unpaired) electrons. The van der Waals surface area contributed by atoms with Crippen LogP contribution >= 0.6 is 0 Å². The molecule has 2 rings (SSSR count). The van der Waals surface area contributed by atoms with Crippen molar-refractivity contribution in [2.45, 2.75) is 37.8 Å². The molecule has 1 heterocycles. The first kappa shape index (κ1) is 14.0. The normalized spacial score (nSPS) is 23.8. The number of sulfonamides is 1. The van der Waals surface area contributed by atoms with Crippen LogP contribution in [-0.2, 0) is 10.0 Å². The average Bonchev–Trinajstić information content (AvgIpc) is 2.42. The van der Waals surface area contributed by atoms with E-state index in [1.165, 1.54) is 0 Å². The molecule has 0 spiro atoms. The molecule has 0 aromatic carbocycles. The molecule has 1 aromatic rings. The Hall–Kier alpha value is -1.47. The fourth-order valence-corrected chi connectivity index (χ4v) is 2.89. The van der Waals surface area contributed by atoms with Crippen LogP contribution in [0.1, 0.15) is 25.7 Å². The lowest BCUT2D eigenvalue weighted by molar-refractivity contribution is 0.138. The van der Waals surface area contributed by atoms with Gasteiger partial charge in [-0.05, 0) is 25.7 Å². The Morgan fingerprint density at radius 1 is 1.32 bits per heavy atom.